The molecule has 4 heterocycles. The second-order valence-electron chi connectivity index (χ2n) is 12.9. The normalized spacial score (nSPS) is 23.4. The molecule has 46 heavy (non-hydrogen) atoms. The fourth-order valence-corrected chi connectivity index (χ4v) is 8.02. The highest BCUT2D eigenvalue weighted by Gasteiger charge is 2.35. The van der Waals surface area contributed by atoms with Crippen molar-refractivity contribution in [1.29, 1.82) is 0 Å². The third-order valence-corrected chi connectivity index (χ3v) is 10.3. The molecule has 0 amide bonds. The zero-order valence-corrected chi connectivity index (χ0v) is 26.9. The lowest BCUT2D eigenvalue weighted by Gasteiger charge is -2.21. The molecule has 0 aromatic carbocycles. The molecule has 14 heteroatoms. The molecular weight excluding hydrogens is 631 g/mol. The summed E-state index contributed by atoms with van der Waals surface area (Å²) in [5.74, 6) is -0.00632. The Morgan fingerprint density at radius 2 is 1.13 bits per heavy atom. The van der Waals surface area contributed by atoms with E-state index in [-0.39, 0.29) is 23.7 Å². The highest BCUT2D eigenvalue weighted by Crippen LogP contribution is 2.37. The van der Waals surface area contributed by atoms with Crippen LogP contribution in [0.1, 0.15) is 105 Å². The summed E-state index contributed by atoms with van der Waals surface area (Å²) in [6.45, 7) is 0. The molecular formula is C32H38Cl2N8O4. The number of H-pyrrole nitrogens is 2. The third kappa shape index (κ3) is 5.55. The fraction of sp³-hybridized carbons (Fsp3) is 0.500. The van der Waals surface area contributed by atoms with Crippen molar-refractivity contribution in [3.63, 3.8) is 0 Å². The number of anilines is 2. The Morgan fingerprint density at radius 1 is 0.717 bits per heavy atom. The first-order valence-corrected chi connectivity index (χ1v) is 16.8. The van der Waals surface area contributed by atoms with Crippen LogP contribution in [0, 0.1) is 0 Å². The second kappa shape index (κ2) is 12.2. The number of rotatable bonds is 2. The average molecular weight is 670 g/mol. The van der Waals surface area contributed by atoms with Gasteiger partial charge in [0.2, 0.25) is 0 Å². The van der Waals surface area contributed by atoms with Crippen molar-refractivity contribution in [1.82, 2.24) is 29.5 Å². The molecule has 0 saturated heterocycles. The van der Waals surface area contributed by atoms with Gasteiger partial charge in [0, 0.05) is 35.4 Å². The summed E-state index contributed by atoms with van der Waals surface area (Å²) in [7, 11) is 0. The molecule has 4 aromatic rings. The first-order valence-electron chi connectivity index (χ1n) is 16.0. The standard InChI is InChI=1S/2C16H19ClN4O2/c2*17-14-7-10-9(2-1-3-12(10)19-14)16(23)21-15(18)11-6-8(22)4-5-13(11)20-21/h2*7-9,19,22H,1-6,18H2/t8-,9+;8-,9-/m00/s1. The Balaban J connectivity index is 0.000000147. The number of nitrogen functional groups attached to an aromatic ring is 2. The Morgan fingerprint density at radius 3 is 1.54 bits per heavy atom. The molecule has 4 aromatic heterocycles. The number of aliphatic hydroxyl groups is 2. The van der Waals surface area contributed by atoms with Crippen LogP contribution in [0.5, 0.6) is 0 Å². The van der Waals surface area contributed by atoms with Crippen LogP contribution >= 0.6 is 23.2 Å². The number of carbonyl (C=O) groups excluding carboxylic acids is 2. The number of nitrogens with two attached hydrogens (primary N) is 2. The maximum Gasteiger partial charge on any atom is 0.256 e. The number of aliphatic hydroxyl groups excluding tert-OH is 2. The zero-order chi connectivity index (χ0) is 32.3. The first-order chi connectivity index (χ1) is 22.1. The summed E-state index contributed by atoms with van der Waals surface area (Å²) >= 11 is 12.1. The maximum atomic E-state index is 13.0. The molecule has 0 unspecified atom stereocenters. The van der Waals surface area contributed by atoms with Crippen molar-refractivity contribution in [2.75, 3.05) is 11.5 Å². The van der Waals surface area contributed by atoms with Crippen molar-refractivity contribution in [2.24, 2.45) is 0 Å². The molecule has 12 nitrogen and oxygen atoms in total. The highest BCUT2D eigenvalue weighted by atomic mass is 35.5. The molecule has 4 aliphatic carbocycles. The van der Waals surface area contributed by atoms with Gasteiger partial charge in [0.1, 0.15) is 21.9 Å². The number of aromatic nitrogens is 6. The molecule has 244 valence electrons. The smallest absolute Gasteiger partial charge is 0.256 e. The maximum absolute atomic E-state index is 13.0. The predicted octanol–water partition coefficient (Wildman–Crippen LogP) is 4.11. The minimum Gasteiger partial charge on any atom is -0.393 e. The van der Waals surface area contributed by atoms with Crippen LogP contribution in [-0.2, 0) is 38.5 Å². The van der Waals surface area contributed by atoms with Crippen LogP contribution in [0.25, 0.3) is 0 Å². The van der Waals surface area contributed by atoms with E-state index in [4.69, 9.17) is 34.7 Å². The number of carbonyl (C=O) groups is 2. The van der Waals surface area contributed by atoms with Crippen molar-refractivity contribution in [3.05, 3.63) is 67.5 Å². The number of nitrogens with one attached hydrogen (secondary N) is 2. The number of nitrogens with zero attached hydrogens (tertiary/aromatic N) is 4. The number of aryl methyl sites for hydroxylation is 4. The number of halogens is 2. The van der Waals surface area contributed by atoms with E-state index in [1.54, 1.807) is 0 Å². The lowest BCUT2D eigenvalue weighted by Crippen LogP contribution is -2.25. The molecule has 0 spiro atoms. The number of aromatic amines is 2. The average Bonchev–Trinajstić information content (AvgIpc) is 3.79. The number of fused-ring (bicyclic) bond motifs is 4. The van der Waals surface area contributed by atoms with E-state index in [1.807, 2.05) is 12.1 Å². The minimum atomic E-state index is -0.401. The predicted molar refractivity (Wildman–Crippen MR) is 174 cm³/mol. The topological polar surface area (TPSA) is 194 Å². The van der Waals surface area contributed by atoms with Crippen molar-refractivity contribution in [3.8, 4) is 0 Å². The minimum absolute atomic E-state index is 0.108. The summed E-state index contributed by atoms with van der Waals surface area (Å²) in [5, 5.41) is 29.6. The number of hydrogen-bond donors (Lipinski definition) is 6. The summed E-state index contributed by atoms with van der Waals surface area (Å²) in [6.07, 6.45) is 8.01. The van der Waals surface area contributed by atoms with Gasteiger partial charge in [0.15, 0.2) is 0 Å². The van der Waals surface area contributed by atoms with E-state index in [1.165, 1.54) is 9.36 Å². The summed E-state index contributed by atoms with van der Waals surface area (Å²) in [4.78, 5) is 32.2. The summed E-state index contributed by atoms with van der Waals surface area (Å²) in [5.41, 5.74) is 19.6. The van der Waals surface area contributed by atoms with E-state index in [0.29, 0.717) is 60.5 Å². The molecule has 0 saturated carbocycles. The van der Waals surface area contributed by atoms with E-state index in [2.05, 4.69) is 20.2 Å². The van der Waals surface area contributed by atoms with Crippen LogP contribution < -0.4 is 11.5 Å². The molecule has 0 fully saturated rings. The first kappa shape index (κ1) is 31.0. The van der Waals surface area contributed by atoms with E-state index < -0.39 is 12.2 Å². The molecule has 8 N–H and O–H groups in total. The molecule has 4 aliphatic rings. The van der Waals surface area contributed by atoms with Gasteiger partial charge in [-0.05, 0) is 87.5 Å². The molecule has 4 atom stereocenters. The van der Waals surface area contributed by atoms with Gasteiger partial charge in [-0.3, -0.25) is 9.59 Å². The van der Waals surface area contributed by atoms with Crippen LogP contribution in [0.3, 0.4) is 0 Å². The summed E-state index contributed by atoms with van der Waals surface area (Å²) < 4.78 is 2.67. The van der Waals surface area contributed by atoms with Gasteiger partial charge in [-0.15, -0.1) is 0 Å². The Bertz CT molecular complexity index is 1690. The third-order valence-electron chi connectivity index (χ3n) is 9.93. The Labute approximate surface area is 275 Å². The summed E-state index contributed by atoms with van der Waals surface area (Å²) in [6, 6.07) is 3.67. The van der Waals surface area contributed by atoms with E-state index in [0.717, 1.165) is 83.6 Å². The van der Waals surface area contributed by atoms with Gasteiger partial charge in [-0.1, -0.05) is 23.2 Å². The van der Waals surface area contributed by atoms with Gasteiger partial charge in [-0.2, -0.15) is 19.6 Å². The Kier molecular flexibility index (Phi) is 8.25. The van der Waals surface area contributed by atoms with Crippen LogP contribution in [0.2, 0.25) is 10.3 Å². The SMILES string of the molecule is Nc1c2c(nn1C(=O)[C@@H]1CCCc3[nH]c(Cl)cc31)CC[C@H](O)C2.Nc1c2c(nn1C(=O)[C@H]1CCCc3[nH]c(Cl)cc31)CC[C@H](O)C2. The largest absolute Gasteiger partial charge is 0.393 e. The quantitative estimate of drug-likeness (QED) is 0.184. The molecule has 0 aliphatic heterocycles. The Hall–Kier alpha value is -3.58. The lowest BCUT2D eigenvalue weighted by molar-refractivity contribution is 0.0846. The van der Waals surface area contributed by atoms with Crippen molar-refractivity contribution >= 4 is 46.7 Å². The monoisotopic (exact) mass is 668 g/mol. The zero-order valence-electron chi connectivity index (χ0n) is 25.4. The second-order valence-corrected chi connectivity index (χ2v) is 13.7. The molecule has 0 radical (unpaired) electrons. The van der Waals surface area contributed by atoms with Crippen molar-refractivity contribution < 1.29 is 19.8 Å². The van der Waals surface area contributed by atoms with Gasteiger partial charge in [0.05, 0.1) is 35.4 Å². The van der Waals surface area contributed by atoms with Gasteiger partial charge in [0.25, 0.3) is 11.8 Å². The number of hydrogen-bond acceptors (Lipinski definition) is 8. The van der Waals surface area contributed by atoms with Gasteiger partial charge < -0.3 is 31.6 Å². The van der Waals surface area contributed by atoms with Gasteiger partial charge >= 0.3 is 0 Å². The molecule has 0 bridgehead atoms. The molecule has 8 rings (SSSR count). The lowest BCUT2D eigenvalue weighted by atomic mass is 9.86. The van der Waals surface area contributed by atoms with E-state index >= 15 is 0 Å². The van der Waals surface area contributed by atoms with Crippen LogP contribution in [-0.4, -0.2) is 63.8 Å². The van der Waals surface area contributed by atoms with E-state index in [9.17, 15) is 19.8 Å². The van der Waals surface area contributed by atoms with Crippen LogP contribution in [0.4, 0.5) is 11.6 Å². The van der Waals surface area contributed by atoms with Crippen LogP contribution in [0.15, 0.2) is 12.1 Å². The van der Waals surface area contributed by atoms with Crippen molar-refractivity contribution in [2.45, 2.75) is 101 Å². The highest BCUT2D eigenvalue weighted by molar-refractivity contribution is 6.30. The van der Waals surface area contributed by atoms with Gasteiger partial charge in [-0.25, -0.2) is 0 Å². The fourth-order valence-electron chi connectivity index (χ4n) is 7.56.